The van der Waals surface area contributed by atoms with Crippen molar-refractivity contribution < 1.29 is 9.21 Å². The van der Waals surface area contributed by atoms with Gasteiger partial charge in [-0.3, -0.25) is 9.48 Å². The lowest BCUT2D eigenvalue weighted by Crippen LogP contribution is -2.02. The Bertz CT molecular complexity index is 584. The first kappa shape index (κ1) is 13.1. The standard InChI is InChI=1S/C13H15BrN2O2/c1-8-10(9(2)16(3)15-8)4-5-12(17)13-11(14)6-7-18-13/h6-7H,4-5H2,1-3H3. The fourth-order valence-corrected chi connectivity index (χ4v) is 2.45. The molecule has 4 nitrogen and oxygen atoms in total. The maximum atomic E-state index is 12.0. The van der Waals surface area contributed by atoms with Crippen molar-refractivity contribution in [2.24, 2.45) is 7.05 Å². The van der Waals surface area contributed by atoms with Gasteiger partial charge in [0.25, 0.3) is 0 Å². The largest absolute Gasteiger partial charge is 0.460 e. The maximum Gasteiger partial charge on any atom is 0.199 e. The summed E-state index contributed by atoms with van der Waals surface area (Å²) in [5.41, 5.74) is 3.24. The van der Waals surface area contributed by atoms with E-state index < -0.39 is 0 Å². The molecule has 0 saturated carbocycles. The maximum absolute atomic E-state index is 12.0. The van der Waals surface area contributed by atoms with Gasteiger partial charge < -0.3 is 4.42 Å². The summed E-state index contributed by atoms with van der Waals surface area (Å²) in [6.45, 7) is 3.98. The zero-order valence-electron chi connectivity index (χ0n) is 10.7. The second kappa shape index (κ2) is 5.10. The first-order valence-electron chi connectivity index (χ1n) is 5.76. The van der Waals surface area contributed by atoms with E-state index in [0.717, 1.165) is 17.0 Å². The van der Waals surface area contributed by atoms with Gasteiger partial charge in [-0.25, -0.2) is 0 Å². The smallest absolute Gasteiger partial charge is 0.199 e. The second-order valence-electron chi connectivity index (χ2n) is 4.29. The molecule has 0 atom stereocenters. The zero-order chi connectivity index (χ0) is 13.3. The SMILES string of the molecule is Cc1nn(C)c(C)c1CCC(=O)c1occc1Br. The highest BCUT2D eigenvalue weighted by Gasteiger charge is 2.16. The molecule has 0 aromatic carbocycles. The van der Waals surface area contributed by atoms with Crippen LogP contribution in [0.25, 0.3) is 0 Å². The Morgan fingerprint density at radius 2 is 2.22 bits per heavy atom. The molecule has 0 bridgehead atoms. The average molecular weight is 311 g/mol. The summed E-state index contributed by atoms with van der Waals surface area (Å²) in [5.74, 6) is 0.406. The van der Waals surface area contributed by atoms with Gasteiger partial charge in [-0.15, -0.1) is 0 Å². The Kier molecular flexibility index (Phi) is 3.71. The molecule has 2 rings (SSSR count). The Labute approximate surface area is 114 Å². The molecule has 0 N–H and O–H groups in total. The summed E-state index contributed by atoms with van der Waals surface area (Å²) in [4.78, 5) is 12.0. The highest BCUT2D eigenvalue weighted by Crippen LogP contribution is 2.21. The van der Waals surface area contributed by atoms with Crippen LogP contribution in [0.2, 0.25) is 0 Å². The minimum absolute atomic E-state index is 0.00882. The minimum Gasteiger partial charge on any atom is -0.460 e. The zero-order valence-corrected chi connectivity index (χ0v) is 12.2. The number of aromatic nitrogens is 2. The minimum atomic E-state index is 0.00882. The van der Waals surface area contributed by atoms with Crippen LogP contribution >= 0.6 is 15.9 Å². The van der Waals surface area contributed by atoms with Gasteiger partial charge in [0.15, 0.2) is 11.5 Å². The Morgan fingerprint density at radius 1 is 1.50 bits per heavy atom. The second-order valence-corrected chi connectivity index (χ2v) is 5.15. The predicted octanol–water partition coefficient (Wildman–Crippen LogP) is 3.21. The first-order valence-corrected chi connectivity index (χ1v) is 6.55. The Morgan fingerprint density at radius 3 is 2.72 bits per heavy atom. The molecule has 0 aliphatic rings. The molecule has 0 aliphatic heterocycles. The molecule has 0 fully saturated rings. The van der Waals surface area contributed by atoms with Crippen molar-refractivity contribution in [3.8, 4) is 0 Å². The van der Waals surface area contributed by atoms with Gasteiger partial charge >= 0.3 is 0 Å². The summed E-state index contributed by atoms with van der Waals surface area (Å²) in [7, 11) is 1.91. The molecule has 2 aromatic heterocycles. The summed E-state index contributed by atoms with van der Waals surface area (Å²) in [5, 5.41) is 4.34. The van der Waals surface area contributed by atoms with Crippen molar-refractivity contribution in [2.75, 3.05) is 0 Å². The van der Waals surface area contributed by atoms with E-state index >= 15 is 0 Å². The highest BCUT2D eigenvalue weighted by molar-refractivity contribution is 9.10. The third kappa shape index (κ3) is 2.41. The number of rotatable bonds is 4. The van der Waals surface area contributed by atoms with Crippen molar-refractivity contribution in [1.29, 1.82) is 0 Å². The number of carbonyl (C=O) groups excluding carboxylic acids is 1. The van der Waals surface area contributed by atoms with Gasteiger partial charge in [-0.1, -0.05) is 0 Å². The van der Waals surface area contributed by atoms with Gasteiger partial charge in [0.2, 0.25) is 0 Å². The van der Waals surface area contributed by atoms with Crippen LogP contribution in [0.15, 0.2) is 21.2 Å². The number of Topliss-reactive ketones (excluding diaryl/α,β-unsaturated/α-hetero) is 1. The molecule has 0 saturated heterocycles. The number of nitrogens with zero attached hydrogens (tertiary/aromatic N) is 2. The van der Waals surface area contributed by atoms with Crippen molar-refractivity contribution in [3.63, 3.8) is 0 Å². The van der Waals surface area contributed by atoms with Crippen LogP contribution in [0, 0.1) is 13.8 Å². The lowest BCUT2D eigenvalue weighted by Gasteiger charge is -2.01. The summed E-state index contributed by atoms with van der Waals surface area (Å²) in [6.07, 6.45) is 2.63. The summed E-state index contributed by atoms with van der Waals surface area (Å²) < 4.78 is 7.72. The van der Waals surface area contributed by atoms with E-state index in [1.165, 1.54) is 6.26 Å². The number of aryl methyl sites for hydroxylation is 2. The van der Waals surface area contributed by atoms with Crippen molar-refractivity contribution in [2.45, 2.75) is 26.7 Å². The highest BCUT2D eigenvalue weighted by atomic mass is 79.9. The molecule has 96 valence electrons. The molecule has 0 radical (unpaired) electrons. The molecular weight excluding hydrogens is 296 g/mol. The molecule has 0 spiro atoms. The van der Waals surface area contributed by atoms with E-state index in [-0.39, 0.29) is 5.78 Å². The Hall–Kier alpha value is -1.36. The number of furan rings is 1. The van der Waals surface area contributed by atoms with Gasteiger partial charge in [0, 0.05) is 19.2 Å². The van der Waals surface area contributed by atoms with Crippen molar-refractivity contribution in [3.05, 3.63) is 39.5 Å². The lowest BCUT2D eigenvalue weighted by atomic mass is 10.1. The van der Waals surface area contributed by atoms with Gasteiger partial charge in [-0.2, -0.15) is 5.10 Å². The van der Waals surface area contributed by atoms with E-state index in [1.54, 1.807) is 6.07 Å². The molecule has 0 aliphatic carbocycles. The van der Waals surface area contributed by atoms with E-state index in [0.29, 0.717) is 23.1 Å². The first-order chi connectivity index (χ1) is 8.50. The van der Waals surface area contributed by atoms with E-state index in [1.807, 2.05) is 25.6 Å². The predicted molar refractivity (Wildman–Crippen MR) is 71.7 cm³/mol. The third-order valence-electron chi connectivity index (χ3n) is 3.13. The van der Waals surface area contributed by atoms with Gasteiger partial charge in [0.1, 0.15) is 0 Å². The molecule has 5 heteroatoms. The van der Waals surface area contributed by atoms with Crippen LogP contribution in [-0.4, -0.2) is 15.6 Å². The fourth-order valence-electron chi connectivity index (χ4n) is 2.02. The molecule has 18 heavy (non-hydrogen) atoms. The van der Waals surface area contributed by atoms with E-state index in [2.05, 4.69) is 21.0 Å². The van der Waals surface area contributed by atoms with Crippen LogP contribution in [0.4, 0.5) is 0 Å². The van der Waals surface area contributed by atoms with Crippen LogP contribution < -0.4 is 0 Å². The third-order valence-corrected chi connectivity index (χ3v) is 3.76. The molecule has 2 heterocycles. The van der Waals surface area contributed by atoms with Crippen LogP contribution in [0.3, 0.4) is 0 Å². The van der Waals surface area contributed by atoms with Crippen molar-refractivity contribution in [1.82, 2.24) is 9.78 Å². The fraction of sp³-hybridized carbons (Fsp3) is 0.385. The van der Waals surface area contributed by atoms with Gasteiger partial charge in [0.05, 0.1) is 16.4 Å². The molecule has 2 aromatic rings. The molecular formula is C13H15BrN2O2. The summed E-state index contributed by atoms with van der Waals surface area (Å²) in [6, 6.07) is 1.73. The normalized spacial score (nSPS) is 10.9. The number of halogens is 1. The quantitative estimate of drug-likeness (QED) is 0.815. The topological polar surface area (TPSA) is 48.0 Å². The average Bonchev–Trinajstić information content (AvgIpc) is 2.83. The Balaban J connectivity index is 2.09. The van der Waals surface area contributed by atoms with Crippen LogP contribution in [0.1, 0.15) is 33.9 Å². The summed E-state index contributed by atoms with van der Waals surface area (Å²) >= 11 is 3.30. The number of hydrogen-bond donors (Lipinski definition) is 0. The van der Waals surface area contributed by atoms with E-state index in [4.69, 9.17) is 4.42 Å². The molecule has 0 unspecified atom stereocenters. The van der Waals surface area contributed by atoms with E-state index in [9.17, 15) is 4.79 Å². The number of ketones is 1. The van der Waals surface area contributed by atoms with Crippen LogP contribution in [-0.2, 0) is 13.5 Å². The van der Waals surface area contributed by atoms with Crippen LogP contribution in [0.5, 0.6) is 0 Å². The number of carbonyl (C=O) groups is 1. The van der Waals surface area contributed by atoms with Crippen molar-refractivity contribution >= 4 is 21.7 Å². The lowest BCUT2D eigenvalue weighted by molar-refractivity contribution is 0.0955. The van der Waals surface area contributed by atoms with Gasteiger partial charge in [-0.05, 0) is 47.8 Å². The molecule has 0 amide bonds. The number of hydrogen-bond acceptors (Lipinski definition) is 3. The monoisotopic (exact) mass is 310 g/mol.